The fourth-order valence-electron chi connectivity index (χ4n) is 2.56. The van der Waals surface area contributed by atoms with E-state index in [4.69, 9.17) is 14.2 Å². The van der Waals surface area contributed by atoms with E-state index in [1.54, 1.807) is 13.2 Å². The number of benzene rings is 1. The molecule has 0 saturated carbocycles. The first-order valence-corrected chi connectivity index (χ1v) is 8.97. The molecule has 1 aliphatic rings. The summed E-state index contributed by atoms with van der Waals surface area (Å²) in [6.07, 6.45) is 6.53. The first-order valence-electron chi connectivity index (χ1n) is 8.97. The Kier molecular flexibility index (Phi) is 7.79. The minimum Gasteiger partial charge on any atom is -0.493 e. The molecule has 1 atom stereocenters. The third kappa shape index (κ3) is 6.78. The molecule has 1 aliphatic heterocycles. The molecule has 1 aromatic rings. The molecule has 1 saturated heterocycles. The standard InChI is InChI=1S/C20H29NO4/c1-15(2)10-12-25-18-8-6-16(13-19(18)23-3)7-9-20(22)21-14-17-5-4-11-24-17/h6-9,13,15,17H,4-5,10-12,14H2,1-3H3,(H,21,22)/b9-7+. The second-order valence-electron chi connectivity index (χ2n) is 6.65. The topological polar surface area (TPSA) is 56.8 Å². The van der Waals surface area contributed by atoms with Gasteiger partial charge in [-0.2, -0.15) is 0 Å². The summed E-state index contributed by atoms with van der Waals surface area (Å²) in [5.41, 5.74) is 0.889. The molecular formula is C20H29NO4. The van der Waals surface area contributed by atoms with Gasteiger partial charge in [-0.05, 0) is 49.0 Å². The van der Waals surface area contributed by atoms with Crippen molar-refractivity contribution < 1.29 is 19.0 Å². The molecule has 1 amide bonds. The molecule has 25 heavy (non-hydrogen) atoms. The van der Waals surface area contributed by atoms with Crippen LogP contribution in [-0.4, -0.2) is 38.9 Å². The van der Waals surface area contributed by atoms with Crippen LogP contribution in [0.15, 0.2) is 24.3 Å². The average Bonchev–Trinajstić information content (AvgIpc) is 3.12. The Balaban J connectivity index is 1.86. The number of nitrogens with one attached hydrogen (secondary N) is 1. The molecule has 0 bridgehead atoms. The van der Waals surface area contributed by atoms with E-state index >= 15 is 0 Å². The highest BCUT2D eigenvalue weighted by molar-refractivity contribution is 5.91. The molecule has 1 aromatic carbocycles. The highest BCUT2D eigenvalue weighted by atomic mass is 16.5. The van der Waals surface area contributed by atoms with Gasteiger partial charge in [0.2, 0.25) is 5.91 Å². The number of carbonyl (C=O) groups excluding carboxylic acids is 1. The Hall–Kier alpha value is -2.01. The molecular weight excluding hydrogens is 318 g/mol. The van der Waals surface area contributed by atoms with Gasteiger partial charge in [0.15, 0.2) is 11.5 Å². The monoisotopic (exact) mass is 347 g/mol. The molecule has 1 N–H and O–H groups in total. The van der Waals surface area contributed by atoms with Crippen molar-refractivity contribution in [1.82, 2.24) is 5.32 Å². The van der Waals surface area contributed by atoms with E-state index in [2.05, 4.69) is 19.2 Å². The zero-order chi connectivity index (χ0) is 18.1. The number of amides is 1. The van der Waals surface area contributed by atoms with Crippen molar-refractivity contribution >= 4 is 12.0 Å². The summed E-state index contributed by atoms with van der Waals surface area (Å²) in [4.78, 5) is 11.9. The number of hydrogen-bond acceptors (Lipinski definition) is 4. The molecule has 5 nitrogen and oxygen atoms in total. The van der Waals surface area contributed by atoms with Gasteiger partial charge >= 0.3 is 0 Å². The van der Waals surface area contributed by atoms with Crippen LogP contribution >= 0.6 is 0 Å². The van der Waals surface area contributed by atoms with Gasteiger partial charge in [-0.25, -0.2) is 0 Å². The first-order chi connectivity index (χ1) is 12.1. The van der Waals surface area contributed by atoms with Crippen LogP contribution in [0.2, 0.25) is 0 Å². The lowest BCUT2D eigenvalue weighted by Crippen LogP contribution is -2.30. The first kappa shape index (κ1) is 19.3. The van der Waals surface area contributed by atoms with E-state index in [-0.39, 0.29) is 12.0 Å². The average molecular weight is 347 g/mol. The number of carbonyl (C=O) groups is 1. The Morgan fingerprint density at radius 1 is 1.40 bits per heavy atom. The number of methoxy groups -OCH3 is 1. The molecule has 5 heteroatoms. The SMILES string of the molecule is COc1cc(/C=C/C(=O)NCC2CCCO2)ccc1OCCC(C)C. The van der Waals surface area contributed by atoms with Gasteiger partial charge in [0, 0.05) is 19.2 Å². The molecule has 1 heterocycles. The van der Waals surface area contributed by atoms with Gasteiger partial charge < -0.3 is 19.5 Å². The van der Waals surface area contributed by atoms with Crippen LogP contribution < -0.4 is 14.8 Å². The van der Waals surface area contributed by atoms with Crippen LogP contribution in [0.5, 0.6) is 11.5 Å². The van der Waals surface area contributed by atoms with Crippen LogP contribution in [0.25, 0.3) is 6.08 Å². The maximum atomic E-state index is 11.9. The van der Waals surface area contributed by atoms with E-state index < -0.39 is 0 Å². The Morgan fingerprint density at radius 3 is 2.92 bits per heavy atom. The quantitative estimate of drug-likeness (QED) is 0.695. The second-order valence-corrected chi connectivity index (χ2v) is 6.65. The predicted octanol–water partition coefficient (Wildman–Crippen LogP) is 3.43. The summed E-state index contributed by atoms with van der Waals surface area (Å²) < 4.78 is 16.6. The summed E-state index contributed by atoms with van der Waals surface area (Å²) in [5, 5.41) is 2.87. The normalized spacial score (nSPS) is 17.2. The molecule has 0 radical (unpaired) electrons. The van der Waals surface area contributed by atoms with Crippen LogP contribution in [0.1, 0.15) is 38.7 Å². The maximum Gasteiger partial charge on any atom is 0.244 e. The minimum atomic E-state index is -0.119. The molecule has 1 fully saturated rings. The van der Waals surface area contributed by atoms with E-state index in [0.29, 0.717) is 24.8 Å². The van der Waals surface area contributed by atoms with Crippen LogP contribution in [0.4, 0.5) is 0 Å². The van der Waals surface area contributed by atoms with Crippen LogP contribution in [0, 0.1) is 5.92 Å². The fourth-order valence-corrected chi connectivity index (χ4v) is 2.56. The number of hydrogen-bond donors (Lipinski definition) is 1. The van der Waals surface area contributed by atoms with E-state index in [1.165, 1.54) is 6.08 Å². The van der Waals surface area contributed by atoms with Gasteiger partial charge in [0.05, 0.1) is 19.8 Å². The van der Waals surface area contributed by atoms with E-state index in [1.807, 2.05) is 18.2 Å². The smallest absolute Gasteiger partial charge is 0.244 e. The lowest BCUT2D eigenvalue weighted by atomic mass is 10.1. The van der Waals surface area contributed by atoms with Crippen molar-refractivity contribution in [3.8, 4) is 11.5 Å². The van der Waals surface area contributed by atoms with Gasteiger partial charge in [0.1, 0.15) is 0 Å². The molecule has 2 rings (SSSR count). The fraction of sp³-hybridized carbons (Fsp3) is 0.550. The number of ether oxygens (including phenoxy) is 3. The largest absolute Gasteiger partial charge is 0.493 e. The van der Waals surface area contributed by atoms with Gasteiger partial charge in [-0.1, -0.05) is 19.9 Å². The van der Waals surface area contributed by atoms with E-state index in [9.17, 15) is 4.79 Å². The van der Waals surface area contributed by atoms with Crippen LogP contribution in [0.3, 0.4) is 0 Å². The summed E-state index contributed by atoms with van der Waals surface area (Å²) >= 11 is 0. The second kappa shape index (κ2) is 10.1. The summed E-state index contributed by atoms with van der Waals surface area (Å²) in [5.74, 6) is 1.88. The number of rotatable bonds is 9. The zero-order valence-corrected chi connectivity index (χ0v) is 15.4. The predicted molar refractivity (Wildman–Crippen MR) is 99.0 cm³/mol. The van der Waals surface area contributed by atoms with Crippen molar-refractivity contribution in [2.75, 3.05) is 26.9 Å². The summed E-state index contributed by atoms with van der Waals surface area (Å²) in [6, 6.07) is 5.66. The van der Waals surface area contributed by atoms with Crippen molar-refractivity contribution in [2.45, 2.75) is 39.2 Å². The van der Waals surface area contributed by atoms with E-state index in [0.717, 1.165) is 37.2 Å². The Labute approximate surface area is 150 Å². The summed E-state index contributed by atoms with van der Waals surface area (Å²) in [7, 11) is 1.62. The Bertz CT molecular complexity index is 577. The molecule has 0 aromatic heterocycles. The van der Waals surface area contributed by atoms with Gasteiger partial charge in [-0.3, -0.25) is 4.79 Å². The Morgan fingerprint density at radius 2 is 2.24 bits per heavy atom. The molecule has 1 unspecified atom stereocenters. The molecule has 0 spiro atoms. The van der Waals surface area contributed by atoms with Crippen molar-refractivity contribution in [2.24, 2.45) is 5.92 Å². The van der Waals surface area contributed by atoms with Crippen molar-refractivity contribution in [3.63, 3.8) is 0 Å². The van der Waals surface area contributed by atoms with Crippen LogP contribution in [-0.2, 0) is 9.53 Å². The van der Waals surface area contributed by atoms with Crippen molar-refractivity contribution in [1.29, 1.82) is 0 Å². The lowest BCUT2D eigenvalue weighted by molar-refractivity contribution is -0.116. The van der Waals surface area contributed by atoms with Gasteiger partial charge in [0.25, 0.3) is 0 Å². The van der Waals surface area contributed by atoms with Crippen molar-refractivity contribution in [3.05, 3.63) is 29.8 Å². The van der Waals surface area contributed by atoms with Gasteiger partial charge in [-0.15, -0.1) is 0 Å². The maximum absolute atomic E-state index is 11.9. The summed E-state index contributed by atoms with van der Waals surface area (Å²) in [6.45, 7) is 6.35. The third-order valence-electron chi connectivity index (χ3n) is 4.10. The zero-order valence-electron chi connectivity index (χ0n) is 15.4. The molecule has 138 valence electrons. The highest BCUT2D eigenvalue weighted by Crippen LogP contribution is 2.28. The highest BCUT2D eigenvalue weighted by Gasteiger charge is 2.15. The third-order valence-corrected chi connectivity index (χ3v) is 4.10. The minimum absolute atomic E-state index is 0.119. The lowest BCUT2D eigenvalue weighted by Gasteiger charge is -2.12. The molecule has 0 aliphatic carbocycles.